The number of furan rings is 1. The molecule has 0 aliphatic carbocycles. The van der Waals surface area contributed by atoms with Crippen molar-refractivity contribution in [3.8, 4) is 11.1 Å². The van der Waals surface area contributed by atoms with Crippen LogP contribution >= 0.6 is 0 Å². The molecule has 0 atom stereocenters. The minimum Gasteiger partial charge on any atom is -0.478 e. The average Bonchev–Trinajstić information content (AvgIpc) is 3.07. The number of carbonyl (C=O) groups is 1. The van der Waals surface area contributed by atoms with Crippen molar-refractivity contribution in [2.45, 2.75) is 18.7 Å². The summed E-state index contributed by atoms with van der Waals surface area (Å²) in [6.07, 6.45) is 0. The zero-order valence-corrected chi connectivity index (χ0v) is 17.2. The Morgan fingerprint density at radius 1 is 0.933 bits per heavy atom. The highest BCUT2D eigenvalue weighted by Crippen LogP contribution is 2.35. The third kappa shape index (κ3) is 3.55. The van der Waals surface area contributed by atoms with Crippen LogP contribution in [-0.4, -0.2) is 19.5 Å². The number of carboxylic acid groups (broad SMARTS) is 1. The first-order valence-electron chi connectivity index (χ1n) is 9.21. The topological polar surface area (TPSA) is 96.6 Å². The Balaban J connectivity index is 1.83. The molecule has 0 spiro atoms. The normalized spacial score (nSPS) is 11.5. The fourth-order valence-electron chi connectivity index (χ4n) is 3.53. The quantitative estimate of drug-likeness (QED) is 0.461. The van der Waals surface area contributed by atoms with E-state index in [0.29, 0.717) is 22.6 Å². The monoisotopic (exact) mass is 421 g/mol. The maximum Gasteiger partial charge on any atom is 0.335 e. The van der Waals surface area contributed by atoms with Crippen molar-refractivity contribution in [1.82, 2.24) is 0 Å². The van der Waals surface area contributed by atoms with Crippen LogP contribution in [-0.2, 0) is 10.0 Å². The van der Waals surface area contributed by atoms with Crippen molar-refractivity contribution in [3.63, 3.8) is 0 Å². The lowest BCUT2D eigenvalue weighted by atomic mass is 9.96. The molecule has 1 aromatic heterocycles. The van der Waals surface area contributed by atoms with Gasteiger partial charge in [0.1, 0.15) is 16.4 Å². The Morgan fingerprint density at radius 2 is 1.67 bits per heavy atom. The van der Waals surface area contributed by atoms with Gasteiger partial charge >= 0.3 is 5.97 Å². The Morgan fingerprint density at radius 3 is 2.33 bits per heavy atom. The number of anilines is 1. The Kier molecular flexibility index (Phi) is 4.83. The van der Waals surface area contributed by atoms with Gasteiger partial charge in [-0.25, -0.2) is 13.2 Å². The van der Waals surface area contributed by atoms with Crippen LogP contribution in [0.3, 0.4) is 0 Å². The van der Waals surface area contributed by atoms with Gasteiger partial charge in [-0.3, -0.25) is 4.72 Å². The molecular formula is C23H19NO5S. The lowest BCUT2D eigenvalue weighted by Crippen LogP contribution is -2.13. The van der Waals surface area contributed by atoms with Gasteiger partial charge in [0.05, 0.1) is 11.3 Å². The molecule has 30 heavy (non-hydrogen) atoms. The van der Waals surface area contributed by atoms with Crippen molar-refractivity contribution >= 4 is 32.5 Å². The van der Waals surface area contributed by atoms with E-state index in [1.807, 2.05) is 30.3 Å². The fraction of sp³-hybridized carbons (Fsp3) is 0.0870. The number of benzene rings is 3. The molecule has 0 bridgehead atoms. The largest absolute Gasteiger partial charge is 0.478 e. The van der Waals surface area contributed by atoms with E-state index in [2.05, 4.69) is 4.72 Å². The Labute approximate surface area is 173 Å². The summed E-state index contributed by atoms with van der Waals surface area (Å²) in [5.41, 5.74) is 2.17. The van der Waals surface area contributed by atoms with E-state index in [1.165, 1.54) is 12.1 Å². The van der Waals surface area contributed by atoms with Crippen LogP contribution in [0.25, 0.3) is 21.9 Å². The Hall–Kier alpha value is -3.58. The molecule has 0 unspecified atom stereocenters. The van der Waals surface area contributed by atoms with Gasteiger partial charge in [-0.1, -0.05) is 42.5 Å². The second kappa shape index (κ2) is 7.35. The minimum atomic E-state index is -3.83. The SMILES string of the molecule is Cc1cc(S(=O)(=O)Nc2ccc(-c3cccc(C(=O)O)c3)c3ccccc23)c(C)o1. The summed E-state index contributed by atoms with van der Waals surface area (Å²) in [5, 5.41) is 10.8. The molecule has 0 aliphatic heterocycles. The Bertz CT molecular complexity index is 1390. The molecule has 0 saturated carbocycles. The number of carboxylic acids is 1. The number of aromatic carboxylic acids is 1. The molecule has 4 aromatic rings. The van der Waals surface area contributed by atoms with Crippen molar-refractivity contribution < 1.29 is 22.7 Å². The van der Waals surface area contributed by atoms with Gasteiger partial charge in [-0.15, -0.1) is 0 Å². The van der Waals surface area contributed by atoms with E-state index in [9.17, 15) is 18.3 Å². The maximum absolute atomic E-state index is 12.9. The lowest BCUT2D eigenvalue weighted by Gasteiger charge is -2.14. The van der Waals surface area contributed by atoms with Crippen LogP contribution in [0, 0.1) is 13.8 Å². The highest BCUT2D eigenvalue weighted by molar-refractivity contribution is 7.92. The summed E-state index contributed by atoms with van der Waals surface area (Å²) >= 11 is 0. The standard InChI is InChI=1S/C23H19NO5S/c1-14-12-22(15(2)29-14)30(27,28)24-21-11-10-18(19-8-3-4-9-20(19)21)16-6-5-7-17(13-16)23(25)26/h3-13,24H,1-2H3,(H,25,26). The van der Waals surface area contributed by atoms with E-state index >= 15 is 0 Å². The van der Waals surface area contributed by atoms with E-state index in [0.717, 1.165) is 16.5 Å². The lowest BCUT2D eigenvalue weighted by molar-refractivity contribution is 0.0697. The molecule has 0 aliphatic rings. The predicted molar refractivity (Wildman–Crippen MR) is 115 cm³/mol. The first kappa shape index (κ1) is 19.7. The van der Waals surface area contributed by atoms with Crippen LogP contribution in [0.15, 0.2) is 76.0 Å². The third-order valence-electron chi connectivity index (χ3n) is 4.87. The smallest absolute Gasteiger partial charge is 0.335 e. The second-order valence-electron chi connectivity index (χ2n) is 6.98. The number of rotatable bonds is 5. The predicted octanol–water partition coefficient (Wildman–Crippen LogP) is 5.22. The van der Waals surface area contributed by atoms with Crippen molar-refractivity contribution in [2.24, 2.45) is 0 Å². The van der Waals surface area contributed by atoms with E-state index < -0.39 is 16.0 Å². The highest BCUT2D eigenvalue weighted by atomic mass is 32.2. The first-order valence-corrected chi connectivity index (χ1v) is 10.7. The summed E-state index contributed by atoms with van der Waals surface area (Å²) in [7, 11) is -3.83. The maximum atomic E-state index is 12.9. The molecule has 1 heterocycles. The van der Waals surface area contributed by atoms with E-state index in [4.69, 9.17) is 4.42 Å². The van der Waals surface area contributed by atoms with Crippen LogP contribution in [0.4, 0.5) is 5.69 Å². The second-order valence-corrected chi connectivity index (χ2v) is 8.63. The van der Waals surface area contributed by atoms with Gasteiger partial charge in [0.25, 0.3) is 10.0 Å². The van der Waals surface area contributed by atoms with Gasteiger partial charge < -0.3 is 9.52 Å². The van der Waals surface area contributed by atoms with Crippen molar-refractivity contribution in [1.29, 1.82) is 0 Å². The van der Waals surface area contributed by atoms with Crippen LogP contribution in [0.1, 0.15) is 21.9 Å². The van der Waals surface area contributed by atoms with Crippen molar-refractivity contribution in [2.75, 3.05) is 4.72 Å². The number of nitrogens with one attached hydrogen (secondary N) is 1. The summed E-state index contributed by atoms with van der Waals surface area (Å²) in [6.45, 7) is 3.31. The van der Waals surface area contributed by atoms with Crippen molar-refractivity contribution in [3.05, 3.63) is 83.8 Å². The molecule has 0 fully saturated rings. The number of sulfonamides is 1. The minimum absolute atomic E-state index is 0.0994. The summed E-state index contributed by atoms with van der Waals surface area (Å²) in [5.74, 6) is -0.158. The van der Waals surface area contributed by atoms with Gasteiger partial charge in [0.2, 0.25) is 0 Å². The number of fused-ring (bicyclic) bond motifs is 1. The van der Waals surface area contributed by atoms with E-state index in [-0.39, 0.29) is 10.5 Å². The molecule has 7 heteroatoms. The fourth-order valence-corrected chi connectivity index (χ4v) is 4.85. The molecule has 0 saturated heterocycles. The van der Waals surface area contributed by atoms with Crippen LogP contribution < -0.4 is 4.72 Å². The molecule has 2 N–H and O–H groups in total. The number of hydrogen-bond acceptors (Lipinski definition) is 4. The zero-order valence-electron chi connectivity index (χ0n) is 16.3. The summed E-state index contributed by atoms with van der Waals surface area (Å²) < 4.78 is 33.9. The third-order valence-corrected chi connectivity index (χ3v) is 6.35. The molecular weight excluding hydrogens is 402 g/mol. The first-order chi connectivity index (χ1) is 14.3. The molecule has 6 nitrogen and oxygen atoms in total. The zero-order chi connectivity index (χ0) is 21.5. The summed E-state index contributed by atoms with van der Waals surface area (Å²) in [6, 6.07) is 19.0. The molecule has 3 aromatic carbocycles. The van der Waals surface area contributed by atoms with Gasteiger partial charge in [-0.05, 0) is 48.6 Å². The molecule has 0 radical (unpaired) electrons. The summed E-state index contributed by atoms with van der Waals surface area (Å²) in [4.78, 5) is 11.4. The van der Waals surface area contributed by atoms with Crippen LogP contribution in [0.5, 0.6) is 0 Å². The van der Waals surface area contributed by atoms with E-state index in [1.54, 1.807) is 38.1 Å². The molecule has 0 amide bonds. The van der Waals surface area contributed by atoms with Gasteiger partial charge in [0, 0.05) is 11.5 Å². The van der Waals surface area contributed by atoms with Crippen LogP contribution in [0.2, 0.25) is 0 Å². The molecule has 4 rings (SSSR count). The average molecular weight is 421 g/mol. The number of aryl methyl sites for hydroxylation is 2. The molecule has 152 valence electrons. The highest BCUT2D eigenvalue weighted by Gasteiger charge is 2.22. The van der Waals surface area contributed by atoms with Gasteiger partial charge in [0.15, 0.2) is 0 Å². The number of hydrogen-bond donors (Lipinski definition) is 2. The van der Waals surface area contributed by atoms with Gasteiger partial charge in [-0.2, -0.15) is 0 Å².